The molecule has 0 aliphatic heterocycles. The molecule has 15 heavy (non-hydrogen) atoms. The van der Waals surface area contributed by atoms with Gasteiger partial charge in [-0.3, -0.25) is 0 Å². The largest absolute Gasteiger partial charge is 0.319 e. The quantitative estimate of drug-likeness (QED) is 0.729. The van der Waals surface area contributed by atoms with Crippen molar-refractivity contribution in [3.05, 3.63) is 0 Å². The normalized spacial score (nSPS) is 26.2. The molecule has 0 bridgehead atoms. The zero-order valence-corrected chi connectivity index (χ0v) is 10.3. The van der Waals surface area contributed by atoms with Gasteiger partial charge < -0.3 is 5.32 Å². The van der Waals surface area contributed by atoms with Crippen LogP contribution in [0.4, 0.5) is 0 Å². The molecule has 0 amide bonds. The second-order valence-electron chi connectivity index (χ2n) is 5.75. The van der Waals surface area contributed by atoms with Gasteiger partial charge in [-0.1, -0.05) is 51.4 Å². The van der Waals surface area contributed by atoms with E-state index in [9.17, 15) is 0 Å². The van der Waals surface area contributed by atoms with Gasteiger partial charge in [0.05, 0.1) is 0 Å². The van der Waals surface area contributed by atoms with Gasteiger partial charge in [0.25, 0.3) is 0 Å². The van der Waals surface area contributed by atoms with Crippen molar-refractivity contribution >= 4 is 0 Å². The highest BCUT2D eigenvalue weighted by Gasteiger charge is 2.27. The lowest BCUT2D eigenvalue weighted by Crippen LogP contribution is -2.26. The van der Waals surface area contributed by atoms with Crippen LogP contribution in [0.3, 0.4) is 0 Å². The summed E-state index contributed by atoms with van der Waals surface area (Å²) in [6, 6.07) is 0. The van der Waals surface area contributed by atoms with Crippen LogP contribution < -0.4 is 5.32 Å². The first-order valence-corrected chi connectivity index (χ1v) is 7.04. The molecule has 0 saturated heterocycles. The molecule has 0 aromatic heterocycles. The summed E-state index contributed by atoms with van der Waals surface area (Å²) in [6.07, 6.45) is 13.6. The second-order valence-corrected chi connectivity index (χ2v) is 5.75. The van der Waals surface area contributed by atoms with Crippen molar-refractivity contribution in [1.82, 2.24) is 5.32 Å². The topological polar surface area (TPSA) is 12.0 Å². The Morgan fingerprint density at radius 3 is 2.20 bits per heavy atom. The van der Waals surface area contributed by atoms with Gasteiger partial charge in [-0.25, -0.2) is 0 Å². The molecule has 1 heteroatoms. The fourth-order valence-corrected chi connectivity index (χ4v) is 3.81. The fourth-order valence-electron chi connectivity index (χ4n) is 3.81. The molecule has 0 heterocycles. The Labute approximate surface area is 95.0 Å². The Morgan fingerprint density at radius 2 is 1.60 bits per heavy atom. The third kappa shape index (κ3) is 3.21. The van der Waals surface area contributed by atoms with Gasteiger partial charge in [0.1, 0.15) is 0 Å². The molecule has 1 atom stereocenters. The third-order valence-electron chi connectivity index (χ3n) is 4.64. The van der Waals surface area contributed by atoms with Gasteiger partial charge in [-0.05, 0) is 37.8 Å². The maximum Gasteiger partial charge on any atom is -0.00208 e. The molecule has 0 aromatic carbocycles. The monoisotopic (exact) mass is 209 g/mol. The summed E-state index contributed by atoms with van der Waals surface area (Å²) in [5.74, 6) is 3.11. The molecule has 2 aliphatic carbocycles. The standard InChI is InChI=1S/C14H27N/c1-15-11-14(13-8-4-5-9-13)10-12-6-2-3-7-12/h12-15H,2-11H2,1H3. The lowest BCUT2D eigenvalue weighted by molar-refractivity contribution is 0.266. The minimum absolute atomic E-state index is 0.987. The molecule has 2 aliphatic rings. The molecule has 88 valence electrons. The van der Waals surface area contributed by atoms with Crippen LogP contribution in [0.5, 0.6) is 0 Å². The maximum atomic E-state index is 3.42. The highest BCUT2D eigenvalue weighted by molar-refractivity contribution is 4.80. The van der Waals surface area contributed by atoms with E-state index in [4.69, 9.17) is 0 Å². The van der Waals surface area contributed by atoms with Crippen LogP contribution >= 0.6 is 0 Å². The summed E-state index contributed by atoms with van der Waals surface area (Å²) in [5, 5.41) is 3.42. The average Bonchev–Trinajstić information content (AvgIpc) is 2.89. The minimum atomic E-state index is 0.987. The molecular formula is C14H27N. The molecule has 1 unspecified atom stereocenters. The van der Waals surface area contributed by atoms with Crippen molar-refractivity contribution in [2.45, 2.75) is 57.8 Å². The smallest absolute Gasteiger partial charge is 0.00208 e. The van der Waals surface area contributed by atoms with E-state index in [1.165, 1.54) is 64.3 Å². The lowest BCUT2D eigenvalue weighted by atomic mass is 9.83. The van der Waals surface area contributed by atoms with E-state index in [-0.39, 0.29) is 0 Å². The van der Waals surface area contributed by atoms with E-state index in [2.05, 4.69) is 12.4 Å². The first-order valence-electron chi connectivity index (χ1n) is 7.04. The Bertz CT molecular complexity index is 166. The van der Waals surface area contributed by atoms with Crippen LogP contribution in [0.25, 0.3) is 0 Å². The van der Waals surface area contributed by atoms with Gasteiger partial charge in [0, 0.05) is 0 Å². The highest BCUT2D eigenvalue weighted by atomic mass is 14.8. The number of nitrogens with one attached hydrogen (secondary N) is 1. The first-order chi connectivity index (χ1) is 7.40. The van der Waals surface area contributed by atoms with E-state index in [0.717, 1.165) is 17.8 Å². The van der Waals surface area contributed by atoms with Crippen molar-refractivity contribution in [3.8, 4) is 0 Å². The van der Waals surface area contributed by atoms with Crippen LogP contribution in [-0.2, 0) is 0 Å². The Balaban J connectivity index is 1.81. The molecule has 0 spiro atoms. The SMILES string of the molecule is CNCC(CC1CCCC1)C1CCCC1. The van der Waals surface area contributed by atoms with Crippen molar-refractivity contribution in [2.75, 3.05) is 13.6 Å². The fraction of sp³-hybridized carbons (Fsp3) is 1.00. The predicted molar refractivity (Wildman–Crippen MR) is 65.9 cm³/mol. The maximum absolute atomic E-state index is 3.42. The number of hydrogen-bond donors (Lipinski definition) is 1. The molecule has 1 nitrogen and oxygen atoms in total. The van der Waals surface area contributed by atoms with Crippen LogP contribution in [0, 0.1) is 17.8 Å². The molecule has 0 radical (unpaired) electrons. The van der Waals surface area contributed by atoms with Gasteiger partial charge in [0.2, 0.25) is 0 Å². The Morgan fingerprint density at radius 1 is 1.00 bits per heavy atom. The predicted octanol–water partition coefficient (Wildman–Crippen LogP) is 3.59. The molecular weight excluding hydrogens is 182 g/mol. The Kier molecular flexibility index (Phi) is 4.49. The first kappa shape index (κ1) is 11.4. The van der Waals surface area contributed by atoms with Gasteiger partial charge >= 0.3 is 0 Å². The van der Waals surface area contributed by atoms with Crippen molar-refractivity contribution < 1.29 is 0 Å². The molecule has 2 saturated carbocycles. The van der Waals surface area contributed by atoms with E-state index < -0.39 is 0 Å². The van der Waals surface area contributed by atoms with E-state index >= 15 is 0 Å². The van der Waals surface area contributed by atoms with Gasteiger partial charge in [-0.2, -0.15) is 0 Å². The number of hydrogen-bond acceptors (Lipinski definition) is 1. The summed E-state index contributed by atoms with van der Waals surface area (Å²) in [6.45, 7) is 1.27. The molecule has 2 fully saturated rings. The van der Waals surface area contributed by atoms with Gasteiger partial charge in [-0.15, -0.1) is 0 Å². The zero-order chi connectivity index (χ0) is 10.5. The van der Waals surface area contributed by atoms with Crippen molar-refractivity contribution in [1.29, 1.82) is 0 Å². The second kappa shape index (κ2) is 5.89. The summed E-state index contributed by atoms with van der Waals surface area (Å²) < 4.78 is 0. The van der Waals surface area contributed by atoms with Crippen molar-refractivity contribution in [2.24, 2.45) is 17.8 Å². The van der Waals surface area contributed by atoms with Crippen molar-refractivity contribution in [3.63, 3.8) is 0 Å². The third-order valence-corrected chi connectivity index (χ3v) is 4.64. The summed E-state index contributed by atoms with van der Waals surface area (Å²) in [4.78, 5) is 0. The van der Waals surface area contributed by atoms with E-state index in [1.807, 2.05) is 0 Å². The van der Waals surface area contributed by atoms with Crippen LogP contribution in [-0.4, -0.2) is 13.6 Å². The molecule has 2 rings (SSSR count). The summed E-state index contributed by atoms with van der Waals surface area (Å²) >= 11 is 0. The van der Waals surface area contributed by atoms with Crippen LogP contribution in [0.15, 0.2) is 0 Å². The molecule has 0 aromatic rings. The number of rotatable bonds is 5. The highest BCUT2D eigenvalue weighted by Crippen LogP contribution is 2.38. The van der Waals surface area contributed by atoms with Crippen LogP contribution in [0.2, 0.25) is 0 Å². The van der Waals surface area contributed by atoms with Gasteiger partial charge in [0.15, 0.2) is 0 Å². The lowest BCUT2D eigenvalue weighted by Gasteiger charge is -2.26. The average molecular weight is 209 g/mol. The molecule has 1 N–H and O–H groups in total. The summed E-state index contributed by atoms with van der Waals surface area (Å²) in [7, 11) is 2.12. The summed E-state index contributed by atoms with van der Waals surface area (Å²) in [5.41, 5.74) is 0. The zero-order valence-electron chi connectivity index (χ0n) is 10.3. The van der Waals surface area contributed by atoms with E-state index in [1.54, 1.807) is 0 Å². The van der Waals surface area contributed by atoms with Crippen LogP contribution in [0.1, 0.15) is 57.8 Å². The Hall–Kier alpha value is -0.0400. The minimum Gasteiger partial charge on any atom is -0.319 e. The van der Waals surface area contributed by atoms with E-state index in [0.29, 0.717) is 0 Å².